The fraction of sp³-hybridized carbons (Fsp3) is 0.267. The summed E-state index contributed by atoms with van der Waals surface area (Å²) in [6, 6.07) is 21.7. The number of likely N-dealkylation sites (tertiary alicyclic amines) is 1. The third-order valence-corrected chi connectivity index (χ3v) is 7.58. The molecule has 6 nitrogen and oxygen atoms in total. The number of nitrogens with one attached hydrogen (secondary N) is 2. The quantitative estimate of drug-likeness (QED) is 0.398. The molecule has 0 unspecified atom stereocenters. The number of amides is 2. The molecule has 2 N–H and O–H groups in total. The number of hydrogen-bond acceptors (Lipinski definition) is 4. The summed E-state index contributed by atoms with van der Waals surface area (Å²) in [5.41, 5.74) is 6.72. The first kappa shape index (κ1) is 23.8. The van der Waals surface area contributed by atoms with Gasteiger partial charge in [-0.1, -0.05) is 41.9 Å². The molecule has 188 valence electrons. The molecule has 0 bridgehead atoms. The van der Waals surface area contributed by atoms with Gasteiger partial charge in [0, 0.05) is 41.5 Å². The average molecular weight is 513 g/mol. The largest absolute Gasteiger partial charge is 0.354 e. The highest BCUT2D eigenvalue weighted by atomic mass is 35.5. The van der Waals surface area contributed by atoms with Crippen LogP contribution in [0.25, 0.3) is 11.3 Å². The van der Waals surface area contributed by atoms with Crippen LogP contribution in [0, 0.1) is 0 Å². The lowest BCUT2D eigenvalue weighted by Gasteiger charge is -2.19. The molecule has 3 aromatic rings. The number of benzene rings is 3. The number of rotatable bonds is 6. The zero-order valence-electron chi connectivity index (χ0n) is 20.6. The number of halogens is 1. The predicted molar refractivity (Wildman–Crippen MR) is 150 cm³/mol. The SMILES string of the molecule is O=C1Nc2cc(Cl)ccc2C1=C(Nc1ccc(CN2CCCC2)cc1)c1ccc(N2CCCC2=O)cc1. The van der Waals surface area contributed by atoms with Crippen LogP contribution in [0.5, 0.6) is 0 Å². The minimum absolute atomic E-state index is 0.152. The van der Waals surface area contributed by atoms with Crippen molar-refractivity contribution >= 4 is 51.7 Å². The molecule has 0 aromatic heterocycles. The molecular formula is C30H29ClN4O2. The van der Waals surface area contributed by atoms with E-state index in [1.54, 1.807) is 12.1 Å². The molecule has 0 radical (unpaired) electrons. The topological polar surface area (TPSA) is 64.7 Å². The van der Waals surface area contributed by atoms with Crippen LogP contribution in [0.3, 0.4) is 0 Å². The number of fused-ring (bicyclic) bond motifs is 1. The first-order valence-corrected chi connectivity index (χ1v) is 13.3. The van der Waals surface area contributed by atoms with E-state index in [2.05, 4.69) is 39.8 Å². The van der Waals surface area contributed by atoms with Gasteiger partial charge in [-0.15, -0.1) is 0 Å². The molecule has 3 aliphatic rings. The molecule has 3 heterocycles. The van der Waals surface area contributed by atoms with E-state index >= 15 is 0 Å². The molecule has 3 aromatic carbocycles. The van der Waals surface area contributed by atoms with E-state index in [0.717, 1.165) is 55.1 Å². The van der Waals surface area contributed by atoms with E-state index in [4.69, 9.17) is 11.6 Å². The van der Waals surface area contributed by atoms with Crippen molar-refractivity contribution in [3.05, 3.63) is 88.4 Å². The van der Waals surface area contributed by atoms with E-state index in [1.807, 2.05) is 35.2 Å². The standard InChI is InChI=1S/C30H29ClN4O2/c31-22-9-14-25-26(18-22)33-30(37)28(25)29(21-7-12-24(13-8-21)35-17-3-4-27(35)36)32-23-10-5-20(6-11-23)19-34-15-1-2-16-34/h5-14,18,32H,1-4,15-17,19H2,(H,33,37). The number of carbonyl (C=O) groups is 2. The smallest absolute Gasteiger partial charge is 0.258 e. The van der Waals surface area contributed by atoms with Gasteiger partial charge >= 0.3 is 0 Å². The maximum atomic E-state index is 13.2. The van der Waals surface area contributed by atoms with Crippen molar-refractivity contribution in [2.45, 2.75) is 32.2 Å². The summed E-state index contributed by atoms with van der Waals surface area (Å²) >= 11 is 6.19. The highest BCUT2D eigenvalue weighted by molar-refractivity contribution is 6.38. The molecule has 0 atom stereocenters. The molecule has 6 rings (SSSR count). The number of hydrogen-bond donors (Lipinski definition) is 2. The Labute approximate surface area is 221 Å². The van der Waals surface area contributed by atoms with Gasteiger partial charge in [0.25, 0.3) is 5.91 Å². The third-order valence-electron chi connectivity index (χ3n) is 7.35. The Balaban J connectivity index is 1.35. The van der Waals surface area contributed by atoms with Gasteiger partial charge in [-0.05, 0) is 79.9 Å². The Kier molecular flexibility index (Phi) is 6.45. The summed E-state index contributed by atoms with van der Waals surface area (Å²) in [6.07, 6.45) is 4.02. The first-order valence-electron chi connectivity index (χ1n) is 12.9. The maximum Gasteiger partial charge on any atom is 0.258 e. The average Bonchev–Trinajstić information content (AvgIpc) is 3.64. The Hall–Kier alpha value is -3.61. The van der Waals surface area contributed by atoms with Crippen molar-refractivity contribution in [2.75, 3.05) is 35.2 Å². The van der Waals surface area contributed by atoms with Gasteiger partial charge in [0.1, 0.15) is 0 Å². The van der Waals surface area contributed by atoms with Crippen LogP contribution in [0.4, 0.5) is 17.1 Å². The van der Waals surface area contributed by atoms with Crippen molar-refractivity contribution in [2.24, 2.45) is 0 Å². The van der Waals surface area contributed by atoms with E-state index < -0.39 is 0 Å². The molecular weight excluding hydrogens is 484 g/mol. The molecule has 0 aliphatic carbocycles. The molecule has 3 aliphatic heterocycles. The van der Waals surface area contributed by atoms with Gasteiger partial charge in [0.2, 0.25) is 5.91 Å². The molecule has 0 saturated carbocycles. The molecule has 7 heteroatoms. The van der Waals surface area contributed by atoms with Crippen LogP contribution in [-0.2, 0) is 16.1 Å². The van der Waals surface area contributed by atoms with Crippen LogP contribution < -0.4 is 15.5 Å². The number of carbonyl (C=O) groups excluding carboxylic acids is 2. The summed E-state index contributed by atoms with van der Waals surface area (Å²) in [5, 5.41) is 7.06. The Bertz CT molecular complexity index is 1380. The highest BCUT2D eigenvalue weighted by Crippen LogP contribution is 2.39. The van der Waals surface area contributed by atoms with Crippen LogP contribution >= 0.6 is 11.6 Å². The van der Waals surface area contributed by atoms with Crippen LogP contribution in [0.2, 0.25) is 5.02 Å². The van der Waals surface area contributed by atoms with E-state index in [-0.39, 0.29) is 11.8 Å². The minimum atomic E-state index is -0.177. The van der Waals surface area contributed by atoms with Gasteiger partial charge in [-0.25, -0.2) is 0 Å². The Morgan fingerprint density at radius 3 is 2.35 bits per heavy atom. The van der Waals surface area contributed by atoms with Gasteiger partial charge < -0.3 is 15.5 Å². The lowest BCUT2D eigenvalue weighted by molar-refractivity contribution is -0.117. The number of anilines is 3. The Morgan fingerprint density at radius 2 is 1.65 bits per heavy atom. The van der Waals surface area contributed by atoms with Crippen molar-refractivity contribution in [3.63, 3.8) is 0 Å². The van der Waals surface area contributed by atoms with Crippen LogP contribution in [-0.4, -0.2) is 36.3 Å². The second kappa shape index (κ2) is 10.0. The van der Waals surface area contributed by atoms with Crippen molar-refractivity contribution in [1.82, 2.24) is 4.90 Å². The fourth-order valence-corrected chi connectivity index (χ4v) is 5.61. The van der Waals surface area contributed by atoms with Gasteiger partial charge in [0.05, 0.1) is 17.0 Å². The Morgan fingerprint density at radius 1 is 0.892 bits per heavy atom. The molecule has 2 saturated heterocycles. The van der Waals surface area contributed by atoms with Crippen LogP contribution in [0.1, 0.15) is 42.4 Å². The van der Waals surface area contributed by atoms with Crippen LogP contribution in [0.15, 0.2) is 66.7 Å². The lowest BCUT2D eigenvalue weighted by atomic mass is 9.99. The van der Waals surface area contributed by atoms with Gasteiger partial charge in [0.15, 0.2) is 0 Å². The summed E-state index contributed by atoms with van der Waals surface area (Å²) in [4.78, 5) is 29.7. The van der Waals surface area contributed by atoms with E-state index in [1.165, 1.54) is 18.4 Å². The zero-order valence-corrected chi connectivity index (χ0v) is 21.4. The molecule has 37 heavy (non-hydrogen) atoms. The van der Waals surface area contributed by atoms with Gasteiger partial charge in [-0.2, -0.15) is 0 Å². The summed E-state index contributed by atoms with van der Waals surface area (Å²) < 4.78 is 0. The monoisotopic (exact) mass is 512 g/mol. The summed E-state index contributed by atoms with van der Waals surface area (Å²) in [6.45, 7) is 4.02. The normalized spacial score (nSPS) is 18.8. The first-order chi connectivity index (χ1) is 18.0. The fourth-order valence-electron chi connectivity index (χ4n) is 5.44. The van der Waals surface area contributed by atoms with Crippen molar-refractivity contribution in [3.8, 4) is 0 Å². The summed E-state index contributed by atoms with van der Waals surface area (Å²) in [7, 11) is 0. The molecule has 2 fully saturated rings. The lowest BCUT2D eigenvalue weighted by Crippen LogP contribution is -2.23. The predicted octanol–water partition coefficient (Wildman–Crippen LogP) is 6.00. The molecule has 0 spiro atoms. The maximum absolute atomic E-state index is 13.2. The second-order valence-corrected chi connectivity index (χ2v) is 10.3. The minimum Gasteiger partial charge on any atom is -0.354 e. The second-order valence-electron chi connectivity index (χ2n) is 9.90. The van der Waals surface area contributed by atoms with Crippen molar-refractivity contribution in [1.29, 1.82) is 0 Å². The zero-order chi connectivity index (χ0) is 25.4. The van der Waals surface area contributed by atoms with Crippen molar-refractivity contribution < 1.29 is 9.59 Å². The van der Waals surface area contributed by atoms with Gasteiger partial charge in [-0.3, -0.25) is 14.5 Å². The molecule has 2 amide bonds. The highest BCUT2D eigenvalue weighted by Gasteiger charge is 2.29. The number of nitrogens with zero attached hydrogens (tertiary/aromatic N) is 2. The van der Waals surface area contributed by atoms with E-state index in [0.29, 0.717) is 28.4 Å². The van der Waals surface area contributed by atoms with E-state index in [9.17, 15) is 9.59 Å². The summed E-state index contributed by atoms with van der Waals surface area (Å²) in [5.74, 6) is -0.0244. The third kappa shape index (κ3) is 4.87.